The number of benzene rings is 2. The fourth-order valence-corrected chi connectivity index (χ4v) is 3.29. The number of thiocarbonyl (C=S) groups is 1. The third-order valence-electron chi connectivity index (χ3n) is 3.57. The average molecular weight is 359 g/mol. The lowest BCUT2D eigenvalue weighted by atomic mass is 10.1. The fourth-order valence-electron chi connectivity index (χ4n) is 2.14. The highest BCUT2D eigenvalue weighted by atomic mass is 32.1. The predicted octanol–water partition coefficient (Wildman–Crippen LogP) is 4.18. The van der Waals surface area contributed by atoms with Crippen LogP contribution in [-0.2, 0) is 0 Å². The zero-order valence-electron chi connectivity index (χ0n) is 13.0. The summed E-state index contributed by atoms with van der Waals surface area (Å²) < 4.78 is 13.9. The van der Waals surface area contributed by atoms with Gasteiger partial charge in [-0.15, -0.1) is 0 Å². The Hall–Kier alpha value is -2.38. The van der Waals surface area contributed by atoms with Crippen LogP contribution in [0.4, 0.5) is 9.52 Å². The lowest BCUT2D eigenvalue weighted by Crippen LogP contribution is -2.34. The van der Waals surface area contributed by atoms with Crippen molar-refractivity contribution in [2.45, 2.75) is 13.8 Å². The van der Waals surface area contributed by atoms with E-state index >= 15 is 0 Å². The maximum absolute atomic E-state index is 13.2. The number of nitrogens with zero attached hydrogens (tertiary/aromatic N) is 1. The monoisotopic (exact) mass is 359 g/mol. The van der Waals surface area contributed by atoms with E-state index in [2.05, 4.69) is 15.6 Å². The molecule has 0 radical (unpaired) electrons. The first kappa shape index (κ1) is 16.5. The first-order chi connectivity index (χ1) is 11.4. The fraction of sp³-hybridized carbons (Fsp3) is 0.118. The molecule has 3 rings (SSSR count). The van der Waals surface area contributed by atoms with Gasteiger partial charge < -0.3 is 5.32 Å². The smallest absolute Gasteiger partial charge is 0.257 e. The molecule has 122 valence electrons. The number of thiazole rings is 1. The summed E-state index contributed by atoms with van der Waals surface area (Å²) in [4.78, 5) is 16.5. The largest absolute Gasteiger partial charge is 0.308 e. The van der Waals surface area contributed by atoms with Crippen molar-refractivity contribution in [1.29, 1.82) is 0 Å². The molecule has 0 fully saturated rings. The Labute approximate surface area is 147 Å². The van der Waals surface area contributed by atoms with Crippen LogP contribution in [-0.4, -0.2) is 16.0 Å². The standard InChI is InChI=1S/C17H14FN3OS2/c1-9-3-4-11(7-10(9)2)15(22)20-16(23)21-17-19-13-6-5-12(18)8-14(13)24-17/h3-8H,1-2H3,(H2,19,20,21,22,23). The minimum atomic E-state index is -0.316. The van der Waals surface area contributed by atoms with E-state index in [0.29, 0.717) is 20.9 Å². The molecule has 0 atom stereocenters. The summed E-state index contributed by atoms with van der Waals surface area (Å²) in [7, 11) is 0. The van der Waals surface area contributed by atoms with E-state index in [1.165, 1.54) is 23.5 Å². The van der Waals surface area contributed by atoms with Gasteiger partial charge in [0.2, 0.25) is 0 Å². The van der Waals surface area contributed by atoms with Crippen molar-refractivity contribution in [1.82, 2.24) is 10.3 Å². The van der Waals surface area contributed by atoms with Crippen LogP contribution >= 0.6 is 23.6 Å². The van der Waals surface area contributed by atoms with Crippen molar-refractivity contribution >= 4 is 49.9 Å². The summed E-state index contributed by atoms with van der Waals surface area (Å²) in [6, 6.07) is 9.82. The molecule has 1 amide bonds. The molecule has 3 aromatic rings. The Morgan fingerprint density at radius 3 is 2.71 bits per heavy atom. The number of carbonyl (C=O) groups is 1. The number of hydrogen-bond acceptors (Lipinski definition) is 4. The van der Waals surface area contributed by atoms with E-state index < -0.39 is 0 Å². The number of hydrogen-bond donors (Lipinski definition) is 2. The van der Waals surface area contributed by atoms with Crippen molar-refractivity contribution in [2.75, 3.05) is 5.32 Å². The number of aryl methyl sites for hydroxylation is 2. The van der Waals surface area contributed by atoms with Crippen molar-refractivity contribution < 1.29 is 9.18 Å². The Kier molecular flexibility index (Phi) is 4.55. The SMILES string of the molecule is Cc1ccc(C(=O)NC(=S)Nc2nc3ccc(F)cc3s2)cc1C. The molecule has 0 unspecified atom stereocenters. The lowest BCUT2D eigenvalue weighted by molar-refractivity contribution is 0.0977. The summed E-state index contributed by atoms with van der Waals surface area (Å²) >= 11 is 6.42. The molecular weight excluding hydrogens is 345 g/mol. The van der Waals surface area contributed by atoms with E-state index in [4.69, 9.17) is 12.2 Å². The summed E-state index contributed by atoms with van der Waals surface area (Å²) in [6.45, 7) is 3.93. The molecule has 4 nitrogen and oxygen atoms in total. The number of nitrogens with one attached hydrogen (secondary N) is 2. The van der Waals surface area contributed by atoms with E-state index in [1.807, 2.05) is 26.0 Å². The zero-order valence-corrected chi connectivity index (χ0v) is 14.6. The number of rotatable bonds is 2. The molecule has 0 spiro atoms. The normalized spacial score (nSPS) is 10.6. The van der Waals surface area contributed by atoms with Gasteiger partial charge in [-0.2, -0.15) is 0 Å². The van der Waals surface area contributed by atoms with Crippen LogP contribution in [0.5, 0.6) is 0 Å². The minimum absolute atomic E-state index is 0.151. The summed E-state index contributed by atoms with van der Waals surface area (Å²) in [6.07, 6.45) is 0. The Balaban J connectivity index is 1.69. The third-order valence-corrected chi connectivity index (χ3v) is 4.70. The molecule has 0 saturated carbocycles. The van der Waals surface area contributed by atoms with Crippen LogP contribution in [0.2, 0.25) is 0 Å². The van der Waals surface area contributed by atoms with Crippen molar-refractivity contribution in [3.05, 3.63) is 58.9 Å². The van der Waals surface area contributed by atoms with Gasteiger partial charge in [0.15, 0.2) is 10.2 Å². The molecular formula is C17H14FN3OS2. The molecule has 0 aliphatic heterocycles. The molecule has 1 aromatic heterocycles. The van der Waals surface area contributed by atoms with Gasteiger partial charge in [-0.05, 0) is 67.5 Å². The number of halogens is 1. The molecule has 0 bridgehead atoms. The van der Waals surface area contributed by atoms with Gasteiger partial charge >= 0.3 is 0 Å². The van der Waals surface area contributed by atoms with E-state index in [-0.39, 0.29) is 16.8 Å². The molecule has 7 heteroatoms. The Morgan fingerprint density at radius 1 is 1.17 bits per heavy atom. The van der Waals surface area contributed by atoms with Crippen LogP contribution in [0.1, 0.15) is 21.5 Å². The van der Waals surface area contributed by atoms with Crippen molar-refractivity contribution in [3.8, 4) is 0 Å². The van der Waals surface area contributed by atoms with E-state index in [0.717, 1.165) is 11.1 Å². The van der Waals surface area contributed by atoms with Gasteiger partial charge in [-0.25, -0.2) is 9.37 Å². The molecule has 2 aromatic carbocycles. The molecule has 24 heavy (non-hydrogen) atoms. The summed E-state index contributed by atoms with van der Waals surface area (Å²) in [5.41, 5.74) is 3.37. The molecule has 0 aliphatic rings. The Bertz CT molecular complexity index is 952. The van der Waals surface area contributed by atoms with Gasteiger partial charge in [-0.3, -0.25) is 10.1 Å². The van der Waals surface area contributed by atoms with Crippen LogP contribution in [0.3, 0.4) is 0 Å². The van der Waals surface area contributed by atoms with Gasteiger partial charge in [0.1, 0.15) is 5.82 Å². The second-order valence-electron chi connectivity index (χ2n) is 5.34. The van der Waals surface area contributed by atoms with Crippen LogP contribution in [0.25, 0.3) is 10.2 Å². The number of carbonyl (C=O) groups excluding carboxylic acids is 1. The predicted molar refractivity (Wildman–Crippen MR) is 99.2 cm³/mol. The quantitative estimate of drug-likeness (QED) is 0.674. The van der Waals surface area contributed by atoms with Gasteiger partial charge in [0.25, 0.3) is 5.91 Å². The number of aromatic nitrogens is 1. The Morgan fingerprint density at radius 2 is 1.96 bits per heavy atom. The maximum atomic E-state index is 13.2. The van der Waals surface area contributed by atoms with E-state index in [1.54, 1.807) is 12.1 Å². The number of fused-ring (bicyclic) bond motifs is 1. The topological polar surface area (TPSA) is 54.0 Å². The third kappa shape index (κ3) is 3.58. The van der Waals surface area contributed by atoms with Crippen LogP contribution in [0, 0.1) is 19.7 Å². The lowest BCUT2D eigenvalue weighted by Gasteiger charge is -2.08. The van der Waals surface area contributed by atoms with Gasteiger partial charge in [-0.1, -0.05) is 17.4 Å². The summed E-state index contributed by atoms with van der Waals surface area (Å²) in [5.74, 6) is -0.605. The maximum Gasteiger partial charge on any atom is 0.257 e. The highest BCUT2D eigenvalue weighted by Crippen LogP contribution is 2.26. The van der Waals surface area contributed by atoms with Crippen molar-refractivity contribution in [3.63, 3.8) is 0 Å². The zero-order chi connectivity index (χ0) is 17.3. The van der Waals surface area contributed by atoms with Crippen LogP contribution in [0.15, 0.2) is 36.4 Å². The second kappa shape index (κ2) is 6.62. The van der Waals surface area contributed by atoms with Crippen LogP contribution < -0.4 is 10.6 Å². The van der Waals surface area contributed by atoms with Crippen molar-refractivity contribution in [2.24, 2.45) is 0 Å². The highest BCUT2D eigenvalue weighted by Gasteiger charge is 2.11. The first-order valence-corrected chi connectivity index (χ1v) is 8.40. The number of amides is 1. The van der Waals surface area contributed by atoms with Gasteiger partial charge in [0, 0.05) is 5.56 Å². The molecule has 2 N–H and O–H groups in total. The average Bonchev–Trinajstić information content (AvgIpc) is 2.90. The second-order valence-corrected chi connectivity index (χ2v) is 6.78. The number of anilines is 1. The highest BCUT2D eigenvalue weighted by molar-refractivity contribution is 7.80. The summed E-state index contributed by atoms with van der Waals surface area (Å²) in [5, 5.41) is 6.13. The first-order valence-electron chi connectivity index (χ1n) is 7.18. The van der Waals surface area contributed by atoms with E-state index in [9.17, 15) is 9.18 Å². The minimum Gasteiger partial charge on any atom is -0.308 e. The molecule has 0 aliphatic carbocycles. The van der Waals surface area contributed by atoms with Gasteiger partial charge in [0.05, 0.1) is 10.2 Å². The molecule has 1 heterocycles. The molecule has 0 saturated heterocycles.